The maximum absolute atomic E-state index is 11.1. The molecule has 0 atom stereocenters. The summed E-state index contributed by atoms with van der Waals surface area (Å²) >= 11 is 2.71. The van der Waals surface area contributed by atoms with Gasteiger partial charge in [0.1, 0.15) is 0 Å². The second-order valence-electron chi connectivity index (χ2n) is 2.23. The molecule has 1 fully saturated rings. The smallest absolute Gasteiger partial charge is 0.289 e. The quantitative estimate of drug-likeness (QED) is 0.615. The minimum Gasteiger partial charge on any atom is -0.314 e. The molecule has 0 radical (unpaired) electrons. The molecule has 0 spiro atoms. The lowest BCUT2D eigenvalue weighted by atomic mass is 10.4. The Morgan fingerprint density at radius 2 is 1.91 bits per heavy atom. The average Bonchev–Trinajstić information content (AvgIpc) is 2.06. The fourth-order valence-corrected chi connectivity index (χ4v) is 2.31. The summed E-state index contributed by atoms with van der Waals surface area (Å²) in [5.74, 6) is 0. The van der Waals surface area contributed by atoms with Gasteiger partial charge in [-0.2, -0.15) is 12.7 Å². The first-order valence-corrected chi connectivity index (χ1v) is 5.48. The van der Waals surface area contributed by atoms with E-state index in [9.17, 15) is 8.42 Å². The summed E-state index contributed by atoms with van der Waals surface area (Å²) in [5, 5.41) is 3.06. The monoisotopic (exact) mass is 243 g/mol. The number of nitrogens with one attached hydrogen (secondary N) is 2. The van der Waals surface area contributed by atoms with E-state index in [1.807, 2.05) is 0 Å². The summed E-state index contributed by atoms with van der Waals surface area (Å²) in [5.41, 5.74) is 0. The molecule has 0 aliphatic carbocycles. The number of nitrogens with zero attached hydrogens (tertiary/aromatic N) is 1. The van der Waals surface area contributed by atoms with Crippen molar-refractivity contribution in [2.75, 3.05) is 26.2 Å². The molecule has 1 saturated heterocycles. The van der Waals surface area contributed by atoms with Crippen molar-refractivity contribution in [3.8, 4) is 0 Å². The Bertz CT molecular complexity index is 211. The van der Waals surface area contributed by atoms with Crippen molar-refractivity contribution in [3.05, 3.63) is 0 Å². The standard InChI is InChI=1S/C4H10BrN3O2S/c5-7-11(9,10)8-3-1-6-2-4-8/h6-7H,1-4H2. The SMILES string of the molecule is O=S(=O)(NBr)N1CCNCC1. The fraction of sp³-hybridized carbons (Fsp3) is 1.00. The molecule has 0 aromatic heterocycles. The Balaban J connectivity index is 2.58. The van der Waals surface area contributed by atoms with Gasteiger partial charge in [-0.3, -0.25) is 0 Å². The van der Waals surface area contributed by atoms with Crippen LogP contribution in [0, 0.1) is 0 Å². The predicted molar refractivity (Wildman–Crippen MR) is 45.4 cm³/mol. The van der Waals surface area contributed by atoms with Gasteiger partial charge in [-0.25, -0.2) is 0 Å². The highest BCUT2D eigenvalue weighted by Crippen LogP contribution is 2.00. The number of rotatable bonds is 2. The molecule has 66 valence electrons. The molecule has 7 heteroatoms. The van der Waals surface area contributed by atoms with Gasteiger partial charge in [-0.05, 0) is 0 Å². The van der Waals surface area contributed by atoms with Gasteiger partial charge in [0.15, 0.2) is 0 Å². The summed E-state index contributed by atoms with van der Waals surface area (Å²) in [6, 6.07) is 0. The van der Waals surface area contributed by atoms with Crippen molar-refractivity contribution in [2.24, 2.45) is 0 Å². The van der Waals surface area contributed by atoms with Crippen LogP contribution in [0.5, 0.6) is 0 Å². The number of hydrogen-bond donors (Lipinski definition) is 2. The van der Waals surface area contributed by atoms with Gasteiger partial charge in [0.05, 0.1) is 0 Å². The van der Waals surface area contributed by atoms with E-state index < -0.39 is 10.2 Å². The van der Waals surface area contributed by atoms with Gasteiger partial charge in [0.25, 0.3) is 10.2 Å². The minimum atomic E-state index is -3.26. The lowest BCUT2D eigenvalue weighted by Gasteiger charge is -2.25. The number of piperazine rings is 1. The van der Waals surface area contributed by atoms with Crippen molar-refractivity contribution in [3.63, 3.8) is 0 Å². The van der Waals surface area contributed by atoms with Crippen LogP contribution in [-0.4, -0.2) is 38.9 Å². The molecule has 2 N–H and O–H groups in total. The number of halogens is 1. The van der Waals surface area contributed by atoms with Crippen LogP contribution in [0.1, 0.15) is 0 Å². The van der Waals surface area contributed by atoms with Gasteiger partial charge in [0.2, 0.25) is 0 Å². The summed E-state index contributed by atoms with van der Waals surface area (Å²) in [6.45, 7) is 2.49. The van der Waals surface area contributed by atoms with E-state index in [1.165, 1.54) is 4.31 Å². The van der Waals surface area contributed by atoms with Crippen molar-refractivity contribution in [1.29, 1.82) is 0 Å². The Labute approximate surface area is 74.7 Å². The molecule has 0 amide bonds. The maximum atomic E-state index is 11.1. The van der Waals surface area contributed by atoms with E-state index in [2.05, 4.69) is 25.2 Å². The van der Waals surface area contributed by atoms with Crippen LogP contribution in [0.2, 0.25) is 0 Å². The third kappa shape index (κ3) is 2.38. The van der Waals surface area contributed by atoms with Crippen LogP contribution in [0.4, 0.5) is 0 Å². The van der Waals surface area contributed by atoms with E-state index in [1.54, 1.807) is 0 Å². The molecule has 5 nitrogen and oxygen atoms in total. The minimum absolute atomic E-state index is 0.529. The topological polar surface area (TPSA) is 61.4 Å². The molecule has 0 unspecified atom stereocenters. The van der Waals surface area contributed by atoms with Crippen molar-refractivity contribution < 1.29 is 8.42 Å². The first kappa shape index (κ1) is 9.40. The highest BCUT2D eigenvalue weighted by molar-refractivity contribution is 9.09. The summed E-state index contributed by atoms with van der Waals surface area (Å²) < 4.78 is 25.7. The van der Waals surface area contributed by atoms with Crippen LogP contribution in [0.25, 0.3) is 0 Å². The summed E-state index contributed by atoms with van der Waals surface area (Å²) in [4.78, 5) is 0. The van der Waals surface area contributed by atoms with Gasteiger partial charge in [-0.15, -0.1) is 3.75 Å². The third-order valence-electron chi connectivity index (χ3n) is 1.51. The van der Waals surface area contributed by atoms with E-state index in [4.69, 9.17) is 0 Å². The van der Waals surface area contributed by atoms with Gasteiger partial charge < -0.3 is 5.32 Å². The average molecular weight is 244 g/mol. The molecular formula is C4H10BrN3O2S. The van der Waals surface area contributed by atoms with Crippen molar-refractivity contribution in [1.82, 2.24) is 13.4 Å². The van der Waals surface area contributed by atoms with Crippen LogP contribution < -0.4 is 9.06 Å². The molecular weight excluding hydrogens is 234 g/mol. The van der Waals surface area contributed by atoms with Gasteiger partial charge in [-0.1, -0.05) is 0 Å². The second-order valence-corrected chi connectivity index (χ2v) is 4.82. The lowest BCUT2D eigenvalue weighted by molar-refractivity contribution is 0.359. The van der Waals surface area contributed by atoms with E-state index in [0.29, 0.717) is 26.2 Å². The van der Waals surface area contributed by atoms with Crippen LogP contribution >= 0.6 is 16.1 Å². The molecule has 1 heterocycles. The Hall–Kier alpha value is 0.310. The zero-order chi connectivity index (χ0) is 8.32. The highest BCUT2D eigenvalue weighted by Gasteiger charge is 2.21. The molecule has 0 bridgehead atoms. The molecule has 1 aliphatic heterocycles. The molecule has 0 aromatic carbocycles. The first-order chi connectivity index (χ1) is 5.17. The van der Waals surface area contributed by atoms with Gasteiger partial charge in [0, 0.05) is 42.3 Å². The zero-order valence-corrected chi connectivity index (χ0v) is 8.28. The molecule has 1 rings (SSSR count). The lowest BCUT2D eigenvalue weighted by Crippen LogP contribution is -2.48. The molecule has 0 aromatic rings. The fourth-order valence-electron chi connectivity index (χ4n) is 0.933. The van der Waals surface area contributed by atoms with Crippen LogP contribution in [-0.2, 0) is 10.2 Å². The third-order valence-corrected chi connectivity index (χ3v) is 3.98. The Morgan fingerprint density at radius 1 is 1.36 bits per heavy atom. The number of hydrogen-bond acceptors (Lipinski definition) is 3. The Kier molecular flexibility index (Phi) is 3.26. The van der Waals surface area contributed by atoms with E-state index in [-0.39, 0.29) is 0 Å². The molecule has 11 heavy (non-hydrogen) atoms. The van der Waals surface area contributed by atoms with E-state index in [0.717, 1.165) is 0 Å². The van der Waals surface area contributed by atoms with E-state index >= 15 is 0 Å². The van der Waals surface area contributed by atoms with Gasteiger partial charge >= 0.3 is 0 Å². The molecule has 0 saturated carbocycles. The van der Waals surface area contributed by atoms with Crippen LogP contribution in [0.3, 0.4) is 0 Å². The predicted octanol–water partition coefficient (Wildman–Crippen LogP) is -0.964. The zero-order valence-electron chi connectivity index (χ0n) is 5.88. The van der Waals surface area contributed by atoms with Crippen molar-refractivity contribution in [2.45, 2.75) is 0 Å². The summed E-state index contributed by atoms with van der Waals surface area (Å²) in [7, 11) is -3.26. The maximum Gasteiger partial charge on any atom is 0.289 e. The second kappa shape index (κ2) is 3.81. The van der Waals surface area contributed by atoms with Crippen molar-refractivity contribution >= 4 is 26.4 Å². The van der Waals surface area contributed by atoms with Crippen LogP contribution in [0.15, 0.2) is 0 Å². The normalized spacial score (nSPS) is 21.9. The summed E-state index contributed by atoms with van der Waals surface area (Å²) in [6.07, 6.45) is 0. The largest absolute Gasteiger partial charge is 0.314 e. The molecule has 1 aliphatic rings. The first-order valence-electron chi connectivity index (χ1n) is 3.25. The highest BCUT2D eigenvalue weighted by atomic mass is 79.9. The Morgan fingerprint density at radius 3 is 2.36 bits per heavy atom.